The van der Waals surface area contributed by atoms with E-state index in [-0.39, 0.29) is 11.6 Å². The minimum absolute atomic E-state index is 0.0172. The second kappa shape index (κ2) is 6.08. The highest BCUT2D eigenvalue weighted by Crippen LogP contribution is 2.27. The molecule has 9 nitrogen and oxygen atoms in total. The Labute approximate surface area is 150 Å². The summed E-state index contributed by atoms with van der Waals surface area (Å²) in [6.45, 7) is 0. The lowest BCUT2D eigenvalue weighted by molar-refractivity contribution is -0.467. The van der Waals surface area contributed by atoms with E-state index in [1.807, 2.05) is 22.6 Å². The van der Waals surface area contributed by atoms with Crippen molar-refractivity contribution in [2.75, 3.05) is 18.2 Å². The number of hydrogen-bond acceptors (Lipinski definition) is 8. The van der Waals surface area contributed by atoms with Crippen LogP contribution in [0.2, 0.25) is 0 Å². The number of nitrogens with zero attached hydrogens (tertiary/aromatic N) is 4. The molecular weight excluding hydrogens is 356 g/mol. The molecule has 0 amide bonds. The third kappa shape index (κ3) is 2.71. The van der Waals surface area contributed by atoms with Crippen LogP contribution in [-0.4, -0.2) is 22.0 Å². The van der Waals surface area contributed by atoms with Crippen molar-refractivity contribution >= 4 is 49.8 Å². The molecule has 0 aliphatic carbocycles. The molecule has 0 saturated heterocycles. The van der Waals surface area contributed by atoms with Crippen LogP contribution in [0.1, 0.15) is 0 Å². The van der Waals surface area contributed by atoms with Gasteiger partial charge in [0.2, 0.25) is 0 Å². The summed E-state index contributed by atoms with van der Waals surface area (Å²) in [6, 6.07) is 11.8. The molecule has 0 bridgehead atoms. The third-order valence-electron chi connectivity index (χ3n) is 3.78. The molecule has 0 saturated carbocycles. The van der Waals surface area contributed by atoms with Crippen molar-refractivity contribution in [1.82, 2.24) is 9.97 Å². The maximum Gasteiger partial charge on any atom is 0.362 e. The smallest absolute Gasteiger partial charge is 0.362 e. The van der Waals surface area contributed by atoms with E-state index in [0.29, 0.717) is 16.6 Å². The molecule has 2 aromatic heterocycles. The summed E-state index contributed by atoms with van der Waals surface area (Å²) >= 11 is 1.46. The quantitative estimate of drug-likeness (QED) is 0.322. The molecule has 0 aliphatic heterocycles. The minimum atomic E-state index is -0.445. The second-order valence-corrected chi connectivity index (χ2v) is 6.40. The van der Waals surface area contributed by atoms with Gasteiger partial charge in [0.25, 0.3) is 5.69 Å². The Morgan fingerprint density at radius 1 is 1.23 bits per heavy atom. The fraction of sp³-hybridized carbons (Fsp3) is 0.0625. The summed E-state index contributed by atoms with van der Waals surface area (Å²) in [5.74, 6) is 1.35. The highest BCUT2D eigenvalue weighted by molar-refractivity contribution is 7.22. The zero-order valence-corrected chi connectivity index (χ0v) is 14.4. The molecule has 10 heteroatoms. The highest BCUT2D eigenvalue weighted by Gasteiger charge is 2.20. The molecule has 26 heavy (non-hydrogen) atoms. The number of aromatic nitrogens is 3. The van der Waals surface area contributed by atoms with Crippen molar-refractivity contribution < 1.29 is 14.1 Å². The van der Waals surface area contributed by atoms with E-state index in [9.17, 15) is 10.1 Å². The molecule has 4 aromatic rings. The van der Waals surface area contributed by atoms with Gasteiger partial charge in [-0.1, -0.05) is 21.3 Å². The lowest BCUT2D eigenvalue weighted by atomic mass is 10.3. The van der Waals surface area contributed by atoms with Gasteiger partial charge in [0, 0.05) is 18.2 Å². The molecule has 0 aliphatic rings. The van der Waals surface area contributed by atoms with E-state index < -0.39 is 4.92 Å². The van der Waals surface area contributed by atoms with Crippen LogP contribution >= 0.6 is 11.3 Å². The monoisotopic (exact) mass is 369 g/mol. The predicted octanol–water partition coefficient (Wildman–Crippen LogP) is 2.67. The van der Waals surface area contributed by atoms with E-state index in [4.69, 9.17) is 10.5 Å². The van der Waals surface area contributed by atoms with E-state index in [1.54, 1.807) is 19.2 Å². The summed E-state index contributed by atoms with van der Waals surface area (Å²) in [5, 5.41) is 13.9. The first-order chi connectivity index (χ1) is 12.5. The number of benzene rings is 2. The molecular formula is C16H13N6O3S+. The molecule has 2 heterocycles. The summed E-state index contributed by atoms with van der Waals surface area (Å²) in [7, 11) is 1.61. The van der Waals surface area contributed by atoms with Crippen molar-refractivity contribution in [3.05, 3.63) is 52.6 Å². The zero-order chi connectivity index (χ0) is 18.3. The maximum atomic E-state index is 10.8. The maximum absolute atomic E-state index is 10.8. The first-order valence-electron chi connectivity index (χ1n) is 7.52. The predicted molar refractivity (Wildman–Crippen MR) is 97.9 cm³/mol. The Hall–Kier alpha value is -3.53. The number of rotatable bonds is 4. The van der Waals surface area contributed by atoms with Gasteiger partial charge < -0.3 is 10.5 Å². The van der Waals surface area contributed by atoms with Gasteiger partial charge in [0.1, 0.15) is 11.3 Å². The molecule has 2 aromatic carbocycles. The molecule has 0 spiro atoms. The van der Waals surface area contributed by atoms with E-state index in [2.05, 4.69) is 15.3 Å². The van der Waals surface area contributed by atoms with Crippen LogP contribution in [0.4, 0.5) is 23.3 Å². The number of thiazole rings is 1. The number of hydrogen-bond donors (Lipinski definition) is 2. The minimum Gasteiger partial charge on any atom is -0.497 e. The first kappa shape index (κ1) is 16.0. The largest absolute Gasteiger partial charge is 0.497 e. The van der Waals surface area contributed by atoms with Gasteiger partial charge in [-0.05, 0) is 24.3 Å². The fourth-order valence-electron chi connectivity index (χ4n) is 2.57. The average Bonchev–Trinajstić information content (AvgIpc) is 2.99. The standard InChI is InChI=1S/C16H12N6O3S/c1-25-11-6-7-12-13(8-11)26-16-20-14(17)19-15(21(12)16)18-9-2-4-10(5-3-9)22(23)24/h2-8H,1H3,(H2,17,18,19)/p+1. The van der Waals surface area contributed by atoms with E-state index in [0.717, 1.165) is 16.0 Å². The third-order valence-corrected chi connectivity index (χ3v) is 4.78. The SMILES string of the molecule is COc1ccc2c(c1)sc1nc(N)nc(Nc3ccc([N+](=O)[O-])cc3)[n+]12. The summed E-state index contributed by atoms with van der Waals surface area (Å²) < 4.78 is 8.08. The second-order valence-electron chi connectivity index (χ2n) is 5.39. The van der Waals surface area contributed by atoms with Crippen molar-refractivity contribution in [3.63, 3.8) is 0 Å². The van der Waals surface area contributed by atoms with Crippen LogP contribution in [0.3, 0.4) is 0 Å². The molecule has 0 unspecified atom stereocenters. The number of nitrogens with one attached hydrogen (secondary N) is 1. The van der Waals surface area contributed by atoms with Crippen molar-refractivity contribution in [2.24, 2.45) is 0 Å². The number of anilines is 3. The fourth-order valence-corrected chi connectivity index (χ4v) is 3.62. The number of methoxy groups -OCH3 is 1. The zero-order valence-electron chi connectivity index (χ0n) is 13.5. The topological polar surface area (TPSA) is 120 Å². The normalized spacial score (nSPS) is 11.0. The highest BCUT2D eigenvalue weighted by atomic mass is 32.1. The van der Waals surface area contributed by atoms with Crippen LogP contribution in [0.25, 0.3) is 15.2 Å². The van der Waals surface area contributed by atoms with Gasteiger partial charge in [-0.15, -0.1) is 0 Å². The van der Waals surface area contributed by atoms with Gasteiger partial charge in [-0.2, -0.15) is 4.40 Å². The molecule has 4 rings (SSSR count). The number of non-ortho nitro benzene ring substituents is 1. The van der Waals surface area contributed by atoms with Gasteiger partial charge in [-0.25, -0.2) is 0 Å². The number of nitrogens with two attached hydrogens (primary N) is 1. The number of fused-ring (bicyclic) bond motifs is 3. The van der Waals surface area contributed by atoms with Crippen LogP contribution in [0, 0.1) is 10.1 Å². The summed E-state index contributed by atoms with van der Waals surface area (Å²) in [5.41, 5.74) is 7.40. The number of nitrogen functional groups attached to an aromatic ring is 1. The Morgan fingerprint density at radius 2 is 2.00 bits per heavy atom. The van der Waals surface area contributed by atoms with Gasteiger partial charge >= 0.3 is 16.9 Å². The van der Waals surface area contributed by atoms with Crippen LogP contribution < -0.4 is 20.2 Å². The van der Waals surface area contributed by atoms with Gasteiger partial charge in [-0.3, -0.25) is 15.4 Å². The van der Waals surface area contributed by atoms with E-state index in [1.165, 1.54) is 23.5 Å². The number of nitro groups is 1. The molecule has 0 atom stereocenters. The molecule has 0 radical (unpaired) electrons. The Balaban J connectivity index is 1.84. The number of nitro benzene ring substituents is 1. The van der Waals surface area contributed by atoms with Crippen LogP contribution in [0.5, 0.6) is 5.75 Å². The van der Waals surface area contributed by atoms with Crippen molar-refractivity contribution in [1.29, 1.82) is 0 Å². The molecule has 130 valence electrons. The first-order valence-corrected chi connectivity index (χ1v) is 8.34. The van der Waals surface area contributed by atoms with Gasteiger partial charge in [0.05, 0.1) is 22.4 Å². The molecule has 3 N–H and O–H groups in total. The Morgan fingerprint density at radius 3 is 2.69 bits per heavy atom. The van der Waals surface area contributed by atoms with Crippen molar-refractivity contribution in [2.45, 2.75) is 0 Å². The Bertz CT molecular complexity index is 1140. The van der Waals surface area contributed by atoms with Crippen molar-refractivity contribution in [3.8, 4) is 5.75 Å². The van der Waals surface area contributed by atoms with Gasteiger partial charge in [0.15, 0.2) is 0 Å². The Kier molecular flexibility index (Phi) is 3.73. The number of ether oxygens (including phenoxy) is 1. The average molecular weight is 369 g/mol. The van der Waals surface area contributed by atoms with E-state index >= 15 is 0 Å². The lowest BCUT2D eigenvalue weighted by Gasteiger charge is -2.02. The summed E-state index contributed by atoms with van der Waals surface area (Å²) in [4.78, 5) is 19.6. The molecule has 0 fully saturated rings. The van der Waals surface area contributed by atoms with Crippen LogP contribution in [-0.2, 0) is 0 Å². The van der Waals surface area contributed by atoms with Crippen LogP contribution in [0.15, 0.2) is 42.5 Å². The summed E-state index contributed by atoms with van der Waals surface area (Å²) in [6.07, 6.45) is 0. The lowest BCUT2D eigenvalue weighted by Crippen LogP contribution is -2.27.